The third kappa shape index (κ3) is 7.49. The summed E-state index contributed by atoms with van der Waals surface area (Å²) in [5.74, 6) is 0.788. The topological polar surface area (TPSA) is 67.4 Å². The van der Waals surface area contributed by atoms with Crippen molar-refractivity contribution in [2.75, 3.05) is 13.1 Å². The van der Waals surface area contributed by atoms with Crippen molar-refractivity contribution in [1.29, 1.82) is 0 Å². The van der Waals surface area contributed by atoms with E-state index in [0.29, 0.717) is 19.5 Å². The number of nitrogens with one attached hydrogen (secondary N) is 2. The van der Waals surface area contributed by atoms with Gasteiger partial charge in [0.05, 0.1) is 0 Å². The van der Waals surface area contributed by atoms with E-state index < -0.39 is 6.09 Å². The molecule has 0 unspecified atom stereocenters. The van der Waals surface area contributed by atoms with Crippen LogP contribution >= 0.6 is 0 Å². The fraction of sp³-hybridized carbons (Fsp3) is 0.579. The Hall–Kier alpha value is -2.04. The lowest BCUT2D eigenvalue weighted by atomic mass is 9.86. The van der Waals surface area contributed by atoms with Gasteiger partial charge < -0.3 is 15.4 Å². The van der Waals surface area contributed by atoms with Gasteiger partial charge in [-0.25, -0.2) is 4.79 Å². The second-order valence-electron chi connectivity index (χ2n) is 6.38. The van der Waals surface area contributed by atoms with Gasteiger partial charge in [0.2, 0.25) is 5.91 Å². The first kappa shape index (κ1) is 18.3. The quantitative estimate of drug-likeness (QED) is 0.717. The largest absolute Gasteiger partial charge is 0.445 e. The van der Waals surface area contributed by atoms with Crippen LogP contribution in [0.25, 0.3) is 0 Å². The molecule has 0 spiro atoms. The van der Waals surface area contributed by atoms with Gasteiger partial charge >= 0.3 is 6.09 Å². The Kier molecular flexibility index (Phi) is 8.15. The predicted octanol–water partition coefficient (Wildman–Crippen LogP) is 3.39. The summed E-state index contributed by atoms with van der Waals surface area (Å²) >= 11 is 0. The molecule has 0 radical (unpaired) electrons. The van der Waals surface area contributed by atoms with Crippen molar-refractivity contribution in [2.24, 2.45) is 5.92 Å². The molecule has 0 atom stereocenters. The summed E-state index contributed by atoms with van der Waals surface area (Å²) in [7, 11) is 0. The molecule has 2 N–H and O–H groups in total. The molecular formula is C19H28N2O3. The molecule has 24 heavy (non-hydrogen) atoms. The minimum Gasteiger partial charge on any atom is -0.445 e. The van der Waals surface area contributed by atoms with Crippen molar-refractivity contribution >= 4 is 12.0 Å². The van der Waals surface area contributed by atoms with Gasteiger partial charge in [0.25, 0.3) is 0 Å². The molecule has 5 nitrogen and oxygen atoms in total. The monoisotopic (exact) mass is 332 g/mol. The zero-order valence-corrected chi connectivity index (χ0v) is 14.3. The van der Waals surface area contributed by atoms with Crippen LogP contribution in [0.3, 0.4) is 0 Å². The molecule has 1 aliphatic carbocycles. The summed E-state index contributed by atoms with van der Waals surface area (Å²) < 4.78 is 5.10. The third-order valence-corrected chi connectivity index (χ3v) is 4.43. The Bertz CT molecular complexity index is 499. The van der Waals surface area contributed by atoms with Gasteiger partial charge in [-0.1, -0.05) is 62.4 Å². The molecule has 0 aromatic heterocycles. The Morgan fingerprint density at radius 3 is 2.46 bits per heavy atom. The molecule has 132 valence electrons. The van der Waals surface area contributed by atoms with E-state index in [1.54, 1.807) is 0 Å². The SMILES string of the molecule is O=C(CCC1CCCCC1)NCCNC(=O)OCc1ccccc1. The number of rotatable bonds is 8. The van der Waals surface area contributed by atoms with Gasteiger partial charge in [0.15, 0.2) is 0 Å². The lowest BCUT2D eigenvalue weighted by Crippen LogP contribution is -2.35. The lowest BCUT2D eigenvalue weighted by molar-refractivity contribution is -0.121. The van der Waals surface area contributed by atoms with Crippen molar-refractivity contribution in [3.63, 3.8) is 0 Å². The zero-order valence-electron chi connectivity index (χ0n) is 14.3. The molecule has 0 saturated heterocycles. The van der Waals surface area contributed by atoms with Crippen LogP contribution < -0.4 is 10.6 Å². The van der Waals surface area contributed by atoms with E-state index in [0.717, 1.165) is 17.9 Å². The Labute approximate surface area is 144 Å². The Balaban J connectivity index is 1.47. The van der Waals surface area contributed by atoms with Crippen LogP contribution in [0.1, 0.15) is 50.5 Å². The zero-order chi connectivity index (χ0) is 17.0. The van der Waals surface area contributed by atoms with Crippen LogP contribution in [0.4, 0.5) is 4.79 Å². The standard InChI is InChI=1S/C19H28N2O3/c22-18(12-11-16-7-3-1-4-8-16)20-13-14-21-19(23)24-15-17-9-5-2-6-10-17/h2,5-6,9-10,16H,1,3-4,7-8,11-15H2,(H,20,22)(H,21,23). The average Bonchev–Trinajstić information content (AvgIpc) is 2.63. The van der Waals surface area contributed by atoms with E-state index in [2.05, 4.69) is 10.6 Å². The molecule has 0 bridgehead atoms. The van der Waals surface area contributed by atoms with E-state index in [4.69, 9.17) is 4.74 Å². The van der Waals surface area contributed by atoms with Gasteiger partial charge in [0.1, 0.15) is 6.61 Å². The molecule has 5 heteroatoms. The highest BCUT2D eigenvalue weighted by molar-refractivity contribution is 5.75. The molecule has 1 fully saturated rings. The molecule has 0 aliphatic heterocycles. The molecular weight excluding hydrogens is 304 g/mol. The number of benzene rings is 1. The van der Waals surface area contributed by atoms with Crippen molar-refractivity contribution < 1.29 is 14.3 Å². The maximum absolute atomic E-state index is 11.8. The number of carbonyl (C=O) groups is 2. The highest BCUT2D eigenvalue weighted by atomic mass is 16.5. The van der Waals surface area contributed by atoms with Gasteiger partial charge in [-0.05, 0) is 17.9 Å². The lowest BCUT2D eigenvalue weighted by Gasteiger charge is -2.20. The van der Waals surface area contributed by atoms with E-state index >= 15 is 0 Å². The van der Waals surface area contributed by atoms with Crippen molar-refractivity contribution in [2.45, 2.75) is 51.6 Å². The van der Waals surface area contributed by atoms with E-state index in [-0.39, 0.29) is 12.5 Å². The fourth-order valence-corrected chi connectivity index (χ4v) is 3.04. The first-order chi connectivity index (χ1) is 11.7. The normalized spacial score (nSPS) is 14.8. The van der Waals surface area contributed by atoms with Crippen LogP contribution in [0.5, 0.6) is 0 Å². The molecule has 2 rings (SSSR count). The summed E-state index contributed by atoms with van der Waals surface area (Å²) in [5.41, 5.74) is 0.948. The Morgan fingerprint density at radius 2 is 1.71 bits per heavy atom. The van der Waals surface area contributed by atoms with Gasteiger partial charge in [0, 0.05) is 19.5 Å². The summed E-state index contributed by atoms with van der Waals surface area (Å²) in [6, 6.07) is 9.53. The molecule has 1 aliphatic rings. The second kappa shape index (κ2) is 10.7. The summed E-state index contributed by atoms with van der Waals surface area (Å²) in [5, 5.41) is 5.48. The maximum atomic E-state index is 11.8. The van der Waals surface area contributed by atoms with E-state index in [1.165, 1.54) is 32.1 Å². The number of amides is 2. The third-order valence-electron chi connectivity index (χ3n) is 4.43. The van der Waals surface area contributed by atoms with Gasteiger partial charge in [-0.2, -0.15) is 0 Å². The first-order valence-corrected chi connectivity index (χ1v) is 8.95. The fourth-order valence-electron chi connectivity index (χ4n) is 3.04. The Morgan fingerprint density at radius 1 is 1.00 bits per heavy atom. The van der Waals surface area contributed by atoms with Crippen LogP contribution in [0, 0.1) is 5.92 Å². The maximum Gasteiger partial charge on any atom is 0.407 e. The average molecular weight is 332 g/mol. The number of carbonyl (C=O) groups excluding carboxylic acids is 2. The van der Waals surface area contributed by atoms with Crippen LogP contribution in [0.2, 0.25) is 0 Å². The summed E-state index contributed by atoms with van der Waals surface area (Å²) in [6.07, 6.45) is 7.60. The van der Waals surface area contributed by atoms with Crippen LogP contribution in [0.15, 0.2) is 30.3 Å². The summed E-state index contributed by atoms with van der Waals surface area (Å²) in [4.78, 5) is 23.3. The van der Waals surface area contributed by atoms with Crippen molar-refractivity contribution in [3.8, 4) is 0 Å². The smallest absolute Gasteiger partial charge is 0.407 e. The molecule has 2 amide bonds. The van der Waals surface area contributed by atoms with Crippen LogP contribution in [-0.2, 0) is 16.1 Å². The molecule has 0 heterocycles. The van der Waals surface area contributed by atoms with Crippen LogP contribution in [-0.4, -0.2) is 25.1 Å². The molecule has 1 saturated carbocycles. The molecule has 1 aromatic rings. The second-order valence-corrected chi connectivity index (χ2v) is 6.38. The number of ether oxygens (including phenoxy) is 1. The highest BCUT2D eigenvalue weighted by Crippen LogP contribution is 2.27. The summed E-state index contributed by atoms with van der Waals surface area (Å²) in [6.45, 7) is 1.06. The first-order valence-electron chi connectivity index (χ1n) is 8.95. The number of alkyl carbamates (subject to hydrolysis) is 1. The number of hydrogen-bond acceptors (Lipinski definition) is 3. The molecule has 1 aromatic carbocycles. The minimum absolute atomic E-state index is 0.0695. The van der Waals surface area contributed by atoms with E-state index in [9.17, 15) is 9.59 Å². The predicted molar refractivity (Wildman–Crippen MR) is 93.4 cm³/mol. The van der Waals surface area contributed by atoms with Gasteiger partial charge in [-0.15, -0.1) is 0 Å². The number of hydrogen-bond donors (Lipinski definition) is 2. The minimum atomic E-state index is -0.463. The van der Waals surface area contributed by atoms with Crippen molar-refractivity contribution in [3.05, 3.63) is 35.9 Å². The van der Waals surface area contributed by atoms with Gasteiger partial charge in [-0.3, -0.25) is 4.79 Å². The van der Waals surface area contributed by atoms with Crippen molar-refractivity contribution in [1.82, 2.24) is 10.6 Å². The van der Waals surface area contributed by atoms with E-state index in [1.807, 2.05) is 30.3 Å². The highest BCUT2D eigenvalue weighted by Gasteiger charge is 2.14.